The van der Waals surface area contributed by atoms with Gasteiger partial charge in [-0.3, -0.25) is 0 Å². The van der Waals surface area contributed by atoms with Gasteiger partial charge in [-0.1, -0.05) is 48.5 Å². The van der Waals surface area contributed by atoms with E-state index in [4.69, 9.17) is 4.74 Å². The zero-order valence-corrected chi connectivity index (χ0v) is 17.8. The number of hydrogen-bond acceptors (Lipinski definition) is 3. The first-order chi connectivity index (χ1) is 15.4. The Labute approximate surface area is 188 Å². The molecule has 0 aliphatic carbocycles. The summed E-state index contributed by atoms with van der Waals surface area (Å²) in [5, 5.41) is 2.38. The second-order valence-electron chi connectivity index (χ2n) is 7.27. The fourth-order valence-corrected chi connectivity index (χ4v) is 4.65. The topological polar surface area (TPSA) is 41.6 Å². The Bertz CT molecular complexity index is 1060. The van der Waals surface area contributed by atoms with Gasteiger partial charge in [-0.15, -0.1) is 11.8 Å². The molecule has 1 aliphatic rings. The van der Waals surface area contributed by atoms with Gasteiger partial charge in [0.05, 0.1) is 5.56 Å². The molecular formula is C24H21F3N2O2S. The maximum atomic E-state index is 12.9. The third-order valence-corrected chi connectivity index (χ3v) is 6.27. The average Bonchev–Trinajstić information content (AvgIpc) is 3.29. The molecular weight excluding hydrogens is 437 g/mol. The number of rotatable bonds is 5. The van der Waals surface area contributed by atoms with Gasteiger partial charge in [-0.05, 0) is 41.5 Å². The first-order valence-corrected chi connectivity index (χ1v) is 11.1. The van der Waals surface area contributed by atoms with Crippen LogP contribution >= 0.6 is 11.8 Å². The number of nitrogens with one attached hydrogen (secondary N) is 1. The van der Waals surface area contributed by atoms with Crippen LogP contribution in [0.15, 0.2) is 78.9 Å². The highest BCUT2D eigenvalue weighted by molar-refractivity contribution is 7.99. The number of alkyl halides is 3. The Morgan fingerprint density at radius 3 is 2.50 bits per heavy atom. The molecule has 0 bridgehead atoms. The number of ether oxygens (including phenoxy) is 1. The summed E-state index contributed by atoms with van der Waals surface area (Å²) in [6.45, 7) is 0.969. The summed E-state index contributed by atoms with van der Waals surface area (Å²) in [6.07, 6.45) is -4.46. The fourth-order valence-electron chi connectivity index (χ4n) is 3.39. The first kappa shape index (κ1) is 22.1. The van der Waals surface area contributed by atoms with Crippen LogP contribution in [0.4, 0.5) is 23.7 Å². The van der Waals surface area contributed by atoms with Gasteiger partial charge >= 0.3 is 12.2 Å². The van der Waals surface area contributed by atoms with Crippen LogP contribution in [0, 0.1) is 0 Å². The highest BCUT2D eigenvalue weighted by atomic mass is 32.2. The molecule has 4 rings (SSSR count). The Kier molecular flexibility index (Phi) is 6.60. The highest BCUT2D eigenvalue weighted by Crippen LogP contribution is 2.39. The minimum absolute atomic E-state index is 0.116. The van der Waals surface area contributed by atoms with Crippen molar-refractivity contribution in [2.45, 2.75) is 18.2 Å². The van der Waals surface area contributed by atoms with Gasteiger partial charge in [0.1, 0.15) is 17.7 Å². The Morgan fingerprint density at radius 2 is 1.78 bits per heavy atom. The van der Waals surface area contributed by atoms with E-state index in [1.165, 1.54) is 12.1 Å². The van der Waals surface area contributed by atoms with E-state index in [1.807, 2.05) is 54.6 Å². The van der Waals surface area contributed by atoms with Crippen LogP contribution in [-0.4, -0.2) is 23.2 Å². The van der Waals surface area contributed by atoms with Gasteiger partial charge in [-0.2, -0.15) is 13.2 Å². The summed E-state index contributed by atoms with van der Waals surface area (Å²) in [4.78, 5) is 14.4. The number of hydrogen-bond donors (Lipinski definition) is 1. The zero-order chi connectivity index (χ0) is 22.6. The van der Waals surface area contributed by atoms with E-state index in [-0.39, 0.29) is 11.1 Å². The molecule has 0 aromatic heterocycles. The lowest BCUT2D eigenvalue weighted by atomic mass is 10.2. The van der Waals surface area contributed by atoms with E-state index in [0.29, 0.717) is 13.2 Å². The van der Waals surface area contributed by atoms with Crippen molar-refractivity contribution in [2.75, 3.05) is 17.6 Å². The molecule has 3 aromatic carbocycles. The van der Waals surface area contributed by atoms with Crippen LogP contribution < -0.4 is 10.1 Å². The van der Waals surface area contributed by atoms with Crippen molar-refractivity contribution in [3.05, 3.63) is 95.6 Å². The quantitative estimate of drug-likeness (QED) is 0.471. The third-order valence-electron chi connectivity index (χ3n) is 5.01. The van der Waals surface area contributed by atoms with Crippen LogP contribution in [0.25, 0.3) is 0 Å². The van der Waals surface area contributed by atoms with Crippen molar-refractivity contribution in [1.29, 1.82) is 0 Å². The van der Waals surface area contributed by atoms with Crippen molar-refractivity contribution in [3.8, 4) is 5.75 Å². The van der Waals surface area contributed by atoms with E-state index in [2.05, 4.69) is 5.32 Å². The van der Waals surface area contributed by atoms with Crippen molar-refractivity contribution in [3.63, 3.8) is 0 Å². The molecule has 3 aromatic rings. The lowest BCUT2D eigenvalue weighted by Gasteiger charge is -2.24. The normalized spacial score (nSPS) is 16.1. The van der Waals surface area contributed by atoms with Crippen LogP contribution in [0.3, 0.4) is 0 Å². The predicted molar refractivity (Wildman–Crippen MR) is 120 cm³/mol. The standard InChI is InChI=1S/C24H21F3N2O2S/c25-24(26,27)19-7-4-8-20(15-19)28-23(30)29-13-14-32-22(29)18-9-11-21(12-10-18)31-16-17-5-2-1-3-6-17/h1-12,15,22H,13-14,16H2,(H,28,30). The maximum Gasteiger partial charge on any atom is 0.416 e. The lowest BCUT2D eigenvalue weighted by Crippen LogP contribution is -2.34. The van der Waals surface area contributed by atoms with Gasteiger partial charge in [0.15, 0.2) is 0 Å². The molecule has 1 saturated heterocycles. The van der Waals surface area contributed by atoms with Crippen molar-refractivity contribution >= 4 is 23.5 Å². The van der Waals surface area contributed by atoms with E-state index in [0.717, 1.165) is 34.8 Å². The highest BCUT2D eigenvalue weighted by Gasteiger charge is 2.32. The van der Waals surface area contributed by atoms with Gasteiger partial charge in [0.2, 0.25) is 0 Å². The van der Waals surface area contributed by atoms with Gasteiger partial charge in [-0.25, -0.2) is 4.79 Å². The summed E-state index contributed by atoms with van der Waals surface area (Å²) in [6, 6.07) is 21.6. The SMILES string of the molecule is O=C(Nc1cccc(C(F)(F)F)c1)N1CCSC1c1ccc(OCc2ccccc2)cc1. The summed E-state index contributed by atoms with van der Waals surface area (Å²) in [7, 11) is 0. The van der Waals surface area contributed by atoms with Crippen molar-refractivity contribution in [1.82, 2.24) is 4.90 Å². The molecule has 1 unspecified atom stereocenters. The second-order valence-corrected chi connectivity index (χ2v) is 8.46. The molecule has 166 valence electrons. The second kappa shape index (κ2) is 9.56. The molecule has 1 aliphatic heterocycles. The smallest absolute Gasteiger partial charge is 0.416 e. The Balaban J connectivity index is 1.40. The van der Waals surface area contributed by atoms with Crippen molar-refractivity contribution in [2.24, 2.45) is 0 Å². The minimum atomic E-state index is -4.46. The Morgan fingerprint density at radius 1 is 1.03 bits per heavy atom. The molecule has 0 saturated carbocycles. The van der Waals surface area contributed by atoms with Gasteiger partial charge in [0.25, 0.3) is 0 Å². The molecule has 8 heteroatoms. The molecule has 0 spiro atoms. The third kappa shape index (κ3) is 5.37. The predicted octanol–water partition coefficient (Wildman–Crippen LogP) is 6.56. The van der Waals surface area contributed by atoms with Crippen LogP contribution in [0.1, 0.15) is 22.1 Å². The number of thioether (sulfide) groups is 1. The largest absolute Gasteiger partial charge is 0.489 e. The van der Waals surface area contributed by atoms with Crippen LogP contribution in [0.2, 0.25) is 0 Å². The molecule has 1 heterocycles. The van der Waals surface area contributed by atoms with Crippen molar-refractivity contribution < 1.29 is 22.7 Å². The van der Waals surface area contributed by atoms with Gasteiger partial charge < -0.3 is 15.0 Å². The summed E-state index contributed by atoms with van der Waals surface area (Å²) < 4.78 is 44.6. The number of anilines is 1. The summed E-state index contributed by atoms with van der Waals surface area (Å²) in [5.41, 5.74) is 1.32. The molecule has 4 nitrogen and oxygen atoms in total. The van der Waals surface area contributed by atoms with Crippen LogP contribution in [0.5, 0.6) is 5.75 Å². The fraction of sp³-hybridized carbons (Fsp3) is 0.208. The van der Waals surface area contributed by atoms with E-state index >= 15 is 0 Å². The number of carbonyl (C=O) groups excluding carboxylic acids is 1. The monoisotopic (exact) mass is 458 g/mol. The van der Waals surface area contributed by atoms with E-state index < -0.39 is 17.8 Å². The zero-order valence-electron chi connectivity index (χ0n) is 17.0. The number of urea groups is 1. The molecule has 1 atom stereocenters. The summed E-state index contributed by atoms with van der Waals surface area (Å²) >= 11 is 1.61. The Hall–Kier alpha value is -3.13. The molecule has 2 amide bonds. The molecule has 1 N–H and O–H groups in total. The summed E-state index contributed by atoms with van der Waals surface area (Å²) in [5.74, 6) is 1.47. The first-order valence-electron chi connectivity index (χ1n) is 10.0. The molecule has 1 fully saturated rings. The number of benzene rings is 3. The van der Waals surface area contributed by atoms with Gasteiger partial charge in [0, 0.05) is 18.0 Å². The van der Waals surface area contributed by atoms with E-state index in [9.17, 15) is 18.0 Å². The minimum Gasteiger partial charge on any atom is -0.489 e. The average molecular weight is 459 g/mol. The lowest BCUT2D eigenvalue weighted by molar-refractivity contribution is -0.137. The number of halogens is 3. The maximum absolute atomic E-state index is 12.9. The number of carbonyl (C=O) groups is 1. The molecule has 32 heavy (non-hydrogen) atoms. The molecule has 0 radical (unpaired) electrons. The number of nitrogens with zero attached hydrogens (tertiary/aromatic N) is 1. The van der Waals surface area contributed by atoms with E-state index in [1.54, 1.807) is 16.7 Å². The van der Waals surface area contributed by atoms with Crippen LogP contribution in [-0.2, 0) is 12.8 Å². The number of amides is 2.